The number of Topliss-reactive ketones (excluding diaryl/α,β-unsaturated/α-hetero) is 2. The van der Waals surface area contributed by atoms with Crippen molar-refractivity contribution >= 4 is 42.1 Å². The van der Waals surface area contributed by atoms with E-state index in [4.69, 9.17) is 9.47 Å². The standard InChI is InChI=1S/C8H17O2.2C4H6O3.Ga/c1-4-6-9-8(3)10-7-5-2;2*1-3(5)2-4(6)7;/h8H,3-7H2,1-2H3;2*2H2,1H3,(H,6,7);/q;;;+2/p-2. The summed E-state index contributed by atoms with van der Waals surface area (Å²) in [5.74, 6) is -3.37. The van der Waals surface area contributed by atoms with Crippen molar-refractivity contribution in [2.75, 3.05) is 13.2 Å². The van der Waals surface area contributed by atoms with E-state index in [2.05, 4.69) is 13.8 Å². The van der Waals surface area contributed by atoms with Crippen molar-refractivity contribution in [1.29, 1.82) is 0 Å². The summed E-state index contributed by atoms with van der Waals surface area (Å²) in [4.78, 5) is 39.6. The van der Waals surface area contributed by atoms with Crippen molar-refractivity contribution in [3.63, 3.8) is 0 Å². The summed E-state index contributed by atoms with van der Waals surface area (Å²) in [5.41, 5.74) is 0. The van der Waals surface area contributed by atoms with Crippen LogP contribution in [0.4, 0.5) is 0 Å². The SMILES string of the molecule is CC(=O)CC(=O)[O-].CC(=O)CC(=O)[O-].CCCOC([CH2][Ga+2])OCCC. The predicted molar refractivity (Wildman–Crippen MR) is 87.4 cm³/mol. The Hall–Kier alpha value is -1.16. The topological polar surface area (TPSA) is 133 Å². The number of hydrogen-bond acceptors (Lipinski definition) is 8. The molecule has 25 heavy (non-hydrogen) atoms. The fourth-order valence-electron chi connectivity index (χ4n) is 1.09. The van der Waals surface area contributed by atoms with E-state index in [1.54, 1.807) is 18.6 Å². The van der Waals surface area contributed by atoms with Crippen LogP contribution in [0.2, 0.25) is 4.98 Å². The molecule has 8 nitrogen and oxygen atoms in total. The molecule has 9 heteroatoms. The molecule has 0 aromatic rings. The third kappa shape index (κ3) is 35.0. The Kier molecular flexibility index (Phi) is 23.9. The van der Waals surface area contributed by atoms with Gasteiger partial charge in [-0.3, -0.25) is 9.59 Å². The zero-order chi connectivity index (χ0) is 20.3. The van der Waals surface area contributed by atoms with E-state index in [1.165, 1.54) is 13.8 Å². The Morgan fingerprint density at radius 3 is 1.28 bits per heavy atom. The first-order chi connectivity index (χ1) is 11.6. The molecule has 0 aliphatic rings. The minimum absolute atomic E-state index is 0.0508. The van der Waals surface area contributed by atoms with Gasteiger partial charge >= 0.3 is 79.2 Å². The molecule has 0 heterocycles. The third-order valence-corrected chi connectivity index (χ3v) is 2.80. The number of carboxylic acid groups (broad SMARTS) is 2. The Morgan fingerprint density at radius 1 is 0.840 bits per heavy atom. The summed E-state index contributed by atoms with van der Waals surface area (Å²) in [6.07, 6.45) is 1.24. The Bertz CT molecular complexity index is 326. The van der Waals surface area contributed by atoms with Gasteiger partial charge < -0.3 is 19.8 Å². The Balaban J connectivity index is -0.000000304. The molecule has 0 saturated heterocycles. The van der Waals surface area contributed by atoms with Gasteiger partial charge in [-0.2, -0.15) is 0 Å². The molecule has 0 saturated carbocycles. The first kappa shape index (κ1) is 28.6. The molecule has 142 valence electrons. The zero-order valence-corrected chi connectivity index (χ0v) is 17.8. The van der Waals surface area contributed by atoms with E-state index in [1.807, 2.05) is 0 Å². The van der Waals surface area contributed by atoms with Gasteiger partial charge in [-0.15, -0.1) is 0 Å². The van der Waals surface area contributed by atoms with Gasteiger partial charge in [0.05, 0.1) is 0 Å². The van der Waals surface area contributed by atoms with Crippen LogP contribution >= 0.6 is 0 Å². The monoisotopic (exact) mass is 416 g/mol. The molecule has 0 aromatic heterocycles. The van der Waals surface area contributed by atoms with Crippen molar-refractivity contribution in [2.24, 2.45) is 0 Å². The third-order valence-electron chi connectivity index (χ3n) is 1.99. The molecule has 0 N–H and O–H groups in total. The molecular weight excluding hydrogens is 390 g/mol. The van der Waals surface area contributed by atoms with Crippen molar-refractivity contribution < 1.29 is 38.9 Å². The molecule has 0 bridgehead atoms. The quantitative estimate of drug-likeness (QED) is 0.242. The number of ether oxygens (including phenoxy) is 2. The molecule has 0 aliphatic heterocycles. The normalized spacial score (nSPS) is 9.40. The van der Waals surface area contributed by atoms with Crippen molar-refractivity contribution in [1.82, 2.24) is 0 Å². The fourth-order valence-corrected chi connectivity index (χ4v) is 1.66. The maximum absolute atomic E-state index is 9.83. The van der Waals surface area contributed by atoms with E-state index >= 15 is 0 Å². The van der Waals surface area contributed by atoms with Crippen LogP contribution in [0.5, 0.6) is 0 Å². The van der Waals surface area contributed by atoms with Crippen LogP contribution in [-0.4, -0.2) is 61.6 Å². The van der Waals surface area contributed by atoms with E-state index in [9.17, 15) is 29.4 Å². The zero-order valence-electron chi connectivity index (χ0n) is 15.4. The fraction of sp³-hybridized carbons (Fsp3) is 0.750. The average Bonchev–Trinajstić information content (AvgIpc) is 2.46. The first-order valence-electron chi connectivity index (χ1n) is 7.92. The maximum atomic E-state index is 9.83. The predicted octanol–water partition coefficient (Wildman–Crippen LogP) is -0.817. The van der Waals surface area contributed by atoms with Gasteiger partial charge in [0.1, 0.15) is 11.6 Å². The number of rotatable bonds is 11. The molecule has 0 unspecified atom stereocenters. The molecule has 0 atom stereocenters. The summed E-state index contributed by atoms with van der Waals surface area (Å²) in [5, 5.41) is 19.0. The van der Waals surface area contributed by atoms with Crippen molar-refractivity contribution in [2.45, 2.75) is 64.6 Å². The van der Waals surface area contributed by atoms with Gasteiger partial charge in [0.25, 0.3) is 0 Å². The van der Waals surface area contributed by atoms with Gasteiger partial charge in [-0.25, -0.2) is 0 Å². The van der Waals surface area contributed by atoms with Gasteiger partial charge in [0, 0.05) is 24.8 Å². The molecule has 0 aliphatic carbocycles. The van der Waals surface area contributed by atoms with E-state index in [-0.39, 0.29) is 17.9 Å². The van der Waals surface area contributed by atoms with Gasteiger partial charge in [-0.1, -0.05) is 0 Å². The van der Waals surface area contributed by atoms with Crippen LogP contribution in [-0.2, 0) is 28.7 Å². The molecule has 0 rings (SSSR count). The Labute approximate surface area is 159 Å². The number of carbonyl (C=O) groups is 4. The Morgan fingerprint density at radius 2 is 1.16 bits per heavy atom. The molecule has 0 radical (unpaired) electrons. The van der Waals surface area contributed by atoms with Crippen LogP contribution in [0.3, 0.4) is 0 Å². The number of carbonyl (C=O) groups excluding carboxylic acids is 4. The number of ketones is 2. The van der Waals surface area contributed by atoms with Crippen LogP contribution in [0, 0.1) is 0 Å². The summed E-state index contributed by atoms with van der Waals surface area (Å²) in [6.45, 7) is 8.26. The van der Waals surface area contributed by atoms with Gasteiger partial charge in [0.2, 0.25) is 0 Å². The number of hydrogen-bond donors (Lipinski definition) is 0. The molecule has 0 amide bonds. The second kappa shape index (κ2) is 20.9. The summed E-state index contributed by atoms with van der Waals surface area (Å²) in [6, 6.07) is 0. The van der Waals surface area contributed by atoms with Crippen molar-refractivity contribution in [3.05, 3.63) is 0 Å². The summed E-state index contributed by atoms with van der Waals surface area (Å²) >= 11 is 1.66. The molecule has 0 aromatic carbocycles. The second-order valence-electron chi connectivity index (χ2n) is 4.91. The molecule has 0 fully saturated rings. The van der Waals surface area contributed by atoms with Gasteiger partial charge in [-0.05, 0) is 13.8 Å². The van der Waals surface area contributed by atoms with E-state index < -0.39 is 24.8 Å². The van der Waals surface area contributed by atoms with E-state index in [0.29, 0.717) is 0 Å². The molecular formula is C16H27GaO8. The first-order valence-corrected chi connectivity index (χ1v) is 9.63. The molecule has 0 spiro atoms. The van der Waals surface area contributed by atoms with E-state index in [0.717, 1.165) is 31.0 Å². The second-order valence-corrected chi connectivity index (χ2v) is 5.90. The van der Waals surface area contributed by atoms with Crippen LogP contribution in [0.1, 0.15) is 53.4 Å². The average molecular weight is 417 g/mol. The van der Waals surface area contributed by atoms with Crippen LogP contribution < -0.4 is 10.2 Å². The minimum atomic E-state index is -1.31. The van der Waals surface area contributed by atoms with Crippen LogP contribution in [0.25, 0.3) is 0 Å². The summed E-state index contributed by atoms with van der Waals surface area (Å²) < 4.78 is 10.9. The summed E-state index contributed by atoms with van der Waals surface area (Å²) in [7, 11) is 0. The van der Waals surface area contributed by atoms with Crippen LogP contribution in [0.15, 0.2) is 0 Å². The van der Waals surface area contributed by atoms with Crippen molar-refractivity contribution in [3.8, 4) is 0 Å². The number of aliphatic carboxylic acids is 2. The van der Waals surface area contributed by atoms with Gasteiger partial charge in [0.15, 0.2) is 0 Å². The number of carboxylic acids is 2.